The van der Waals surface area contributed by atoms with Gasteiger partial charge in [-0.25, -0.2) is 0 Å². The number of nitrogens with zero attached hydrogens (tertiary/aromatic N) is 1. The van der Waals surface area contributed by atoms with E-state index in [0.29, 0.717) is 19.5 Å². The number of aliphatic carboxylic acids is 1. The minimum Gasteiger partial charge on any atom is -0.480 e. The molecule has 4 atom stereocenters. The van der Waals surface area contributed by atoms with Crippen LogP contribution in [0.5, 0.6) is 0 Å². The normalized spacial score (nSPS) is 24.4. The van der Waals surface area contributed by atoms with Crippen LogP contribution in [0.2, 0.25) is 0 Å². The highest BCUT2D eigenvalue weighted by atomic mass is 35.5. The van der Waals surface area contributed by atoms with Crippen LogP contribution in [-0.4, -0.2) is 58.8 Å². The van der Waals surface area contributed by atoms with Gasteiger partial charge in [0.2, 0.25) is 5.91 Å². The third kappa shape index (κ3) is 6.10. The maximum Gasteiger partial charge on any atom is 0.320 e. The highest BCUT2D eigenvalue weighted by Gasteiger charge is 2.37. The van der Waals surface area contributed by atoms with Gasteiger partial charge in [-0.2, -0.15) is 0 Å². The lowest BCUT2D eigenvalue weighted by Crippen LogP contribution is -2.45. The molecule has 0 aliphatic carbocycles. The van der Waals surface area contributed by atoms with E-state index < -0.39 is 12.0 Å². The van der Waals surface area contributed by atoms with Crippen molar-refractivity contribution >= 4 is 24.3 Å². The number of carbonyl (C=O) groups is 2. The van der Waals surface area contributed by atoms with Crippen molar-refractivity contribution in [2.45, 2.75) is 52.1 Å². The van der Waals surface area contributed by atoms with Crippen LogP contribution in [0.15, 0.2) is 0 Å². The summed E-state index contributed by atoms with van der Waals surface area (Å²) in [6, 6.07) is -0.504. The van der Waals surface area contributed by atoms with E-state index in [-0.39, 0.29) is 42.8 Å². The number of hydrogen-bond acceptors (Lipinski definition) is 4. The van der Waals surface area contributed by atoms with Crippen molar-refractivity contribution in [2.24, 2.45) is 11.8 Å². The molecular weight excluding hydrogens is 308 g/mol. The molecule has 0 saturated carbocycles. The van der Waals surface area contributed by atoms with Crippen molar-refractivity contribution in [3.05, 3.63) is 0 Å². The van der Waals surface area contributed by atoms with Gasteiger partial charge in [-0.1, -0.05) is 13.3 Å². The molecule has 1 fully saturated rings. The Morgan fingerprint density at radius 2 is 2.05 bits per heavy atom. The van der Waals surface area contributed by atoms with Gasteiger partial charge >= 0.3 is 5.97 Å². The molecular formula is C15H29ClN2O4. The number of carbonyl (C=O) groups excluding carboxylic acids is 1. The molecule has 1 aliphatic rings. The number of likely N-dealkylation sites (tertiary alicyclic amines) is 1. The number of nitrogens with one attached hydrogen (secondary N) is 1. The van der Waals surface area contributed by atoms with Crippen LogP contribution < -0.4 is 5.32 Å². The first-order chi connectivity index (χ1) is 9.88. The Morgan fingerprint density at radius 1 is 1.41 bits per heavy atom. The van der Waals surface area contributed by atoms with Gasteiger partial charge in [0.1, 0.15) is 6.04 Å². The Kier molecular flexibility index (Phi) is 9.64. The molecule has 0 spiro atoms. The van der Waals surface area contributed by atoms with Crippen LogP contribution in [0.4, 0.5) is 0 Å². The summed E-state index contributed by atoms with van der Waals surface area (Å²) in [6.45, 7) is 6.83. The van der Waals surface area contributed by atoms with E-state index in [0.717, 1.165) is 12.8 Å². The van der Waals surface area contributed by atoms with Gasteiger partial charge < -0.3 is 15.5 Å². The molecule has 3 N–H and O–H groups in total. The molecule has 0 radical (unpaired) electrons. The number of rotatable bonds is 8. The minimum atomic E-state index is -0.826. The van der Waals surface area contributed by atoms with Gasteiger partial charge in [-0.05, 0) is 31.6 Å². The SMILES string of the molecule is CCC[C@@H](CN1CC(CO)CC1C(=O)O)C(C)NC(C)=O.Cl. The fourth-order valence-electron chi connectivity index (χ4n) is 3.20. The quantitative estimate of drug-likeness (QED) is 0.618. The fourth-order valence-corrected chi connectivity index (χ4v) is 3.20. The number of hydrogen-bond donors (Lipinski definition) is 3. The maximum atomic E-state index is 11.4. The van der Waals surface area contributed by atoms with Crippen molar-refractivity contribution < 1.29 is 19.8 Å². The number of amides is 1. The zero-order valence-corrected chi connectivity index (χ0v) is 14.4. The topological polar surface area (TPSA) is 89.9 Å². The average Bonchev–Trinajstić information content (AvgIpc) is 2.80. The lowest BCUT2D eigenvalue weighted by Gasteiger charge is -2.31. The first kappa shape index (κ1) is 21.1. The number of carboxylic acid groups (broad SMARTS) is 1. The van der Waals surface area contributed by atoms with Crippen molar-refractivity contribution in [3.63, 3.8) is 0 Å². The van der Waals surface area contributed by atoms with E-state index in [2.05, 4.69) is 12.2 Å². The second kappa shape index (κ2) is 10.0. The molecule has 1 saturated heterocycles. The molecule has 0 aromatic heterocycles. The Hall–Kier alpha value is -0.850. The van der Waals surface area contributed by atoms with E-state index in [1.54, 1.807) is 0 Å². The van der Waals surface area contributed by atoms with Crippen molar-refractivity contribution in [1.29, 1.82) is 0 Å². The Balaban J connectivity index is 0.00000441. The molecule has 0 aromatic rings. The Morgan fingerprint density at radius 3 is 2.50 bits per heavy atom. The molecule has 1 heterocycles. The van der Waals surface area contributed by atoms with Gasteiger partial charge in [0.05, 0.1) is 0 Å². The summed E-state index contributed by atoms with van der Waals surface area (Å²) >= 11 is 0. The van der Waals surface area contributed by atoms with E-state index in [1.807, 2.05) is 11.8 Å². The van der Waals surface area contributed by atoms with Gasteiger partial charge in [-0.15, -0.1) is 12.4 Å². The van der Waals surface area contributed by atoms with E-state index in [1.165, 1.54) is 6.92 Å². The summed E-state index contributed by atoms with van der Waals surface area (Å²) in [6.07, 6.45) is 2.43. The summed E-state index contributed by atoms with van der Waals surface area (Å²) in [5.41, 5.74) is 0. The highest BCUT2D eigenvalue weighted by Crippen LogP contribution is 2.26. The van der Waals surface area contributed by atoms with Gasteiger partial charge in [0, 0.05) is 32.7 Å². The van der Waals surface area contributed by atoms with Gasteiger partial charge in [-0.3, -0.25) is 14.5 Å². The number of carboxylic acids is 1. The summed E-state index contributed by atoms with van der Waals surface area (Å²) in [5, 5.41) is 21.5. The van der Waals surface area contributed by atoms with Crippen LogP contribution in [0.1, 0.15) is 40.0 Å². The molecule has 22 heavy (non-hydrogen) atoms. The monoisotopic (exact) mass is 336 g/mol. The highest BCUT2D eigenvalue weighted by molar-refractivity contribution is 5.85. The third-order valence-corrected chi connectivity index (χ3v) is 4.30. The summed E-state index contributed by atoms with van der Waals surface area (Å²) in [4.78, 5) is 24.5. The predicted octanol–water partition coefficient (Wildman–Crippen LogP) is 1.12. The zero-order chi connectivity index (χ0) is 16.0. The number of halogens is 1. The maximum absolute atomic E-state index is 11.4. The lowest BCUT2D eigenvalue weighted by molar-refractivity contribution is -0.142. The second-order valence-corrected chi connectivity index (χ2v) is 6.13. The van der Waals surface area contributed by atoms with Gasteiger partial charge in [0.15, 0.2) is 0 Å². The first-order valence-electron chi connectivity index (χ1n) is 7.73. The van der Waals surface area contributed by atoms with Crippen molar-refractivity contribution in [1.82, 2.24) is 10.2 Å². The Labute approximate surface area is 138 Å². The molecule has 3 unspecified atom stereocenters. The van der Waals surface area contributed by atoms with E-state index in [9.17, 15) is 19.8 Å². The predicted molar refractivity (Wildman–Crippen MR) is 87.1 cm³/mol. The number of aliphatic hydroxyl groups is 1. The molecule has 1 amide bonds. The molecule has 1 aliphatic heterocycles. The largest absolute Gasteiger partial charge is 0.480 e. The van der Waals surface area contributed by atoms with Crippen molar-refractivity contribution in [2.75, 3.05) is 19.7 Å². The molecule has 0 bridgehead atoms. The second-order valence-electron chi connectivity index (χ2n) is 6.13. The fraction of sp³-hybridized carbons (Fsp3) is 0.867. The molecule has 6 nitrogen and oxygen atoms in total. The minimum absolute atomic E-state index is 0. The van der Waals surface area contributed by atoms with Crippen LogP contribution >= 0.6 is 12.4 Å². The van der Waals surface area contributed by atoms with Crippen LogP contribution in [0.25, 0.3) is 0 Å². The molecule has 0 aromatic carbocycles. The standard InChI is InChI=1S/C15H28N2O4.ClH/c1-4-5-13(10(2)16-11(3)19)8-17-7-12(9-18)6-14(17)15(20)21;/h10,12-14,18H,4-9H2,1-3H3,(H,16,19)(H,20,21);1H/t10?,12?,13-,14?;/m0./s1. The first-order valence-corrected chi connectivity index (χ1v) is 7.73. The third-order valence-electron chi connectivity index (χ3n) is 4.30. The van der Waals surface area contributed by atoms with Crippen LogP contribution in [0.3, 0.4) is 0 Å². The van der Waals surface area contributed by atoms with E-state index in [4.69, 9.17) is 0 Å². The molecule has 1 rings (SSSR count). The van der Waals surface area contributed by atoms with E-state index >= 15 is 0 Å². The smallest absolute Gasteiger partial charge is 0.320 e. The lowest BCUT2D eigenvalue weighted by atomic mass is 9.95. The van der Waals surface area contributed by atoms with Crippen LogP contribution in [-0.2, 0) is 9.59 Å². The van der Waals surface area contributed by atoms with Crippen molar-refractivity contribution in [3.8, 4) is 0 Å². The van der Waals surface area contributed by atoms with Gasteiger partial charge in [0.25, 0.3) is 0 Å². The summed E-state index contributed by atoms with van der Waals surface area (Å²) in [5.74, 6) is -0.635. The molecule has 7 heteroatoms. The molecule has 130 valence electrons. The zero-order valence-electron chi connectivity index (χ0n) is 13.6. The summed E-state index contributed by atoms with van der Waals surface area (Å²) in [7, 11) is 0. The summed E-state index contributed by atoms with van der Waals surface area (Å²) < 4.78 is 0. The number of aliphatic hydroxyl groups excluding tert-OH is 1. The van der Waals surface area contributed by atoms with Crippen LogP contribution in [0, 0.1) is 11.8 Å². The Bertz CT molecular complexity index is 367. The average molecular weight is 337 g/mol.